The molecule has 8 rings (SSSR count). The van der Waals surface area contributed by atoms with E-state index in [1.807, 2.05) is 65.2 Å². The maximum absolute atomic E-state index is 11.4. The van der Waals surface area contributed by atoms with Gasteiger partial charge in [0.2, 0.25) is 0 Å². The van der Waals surface area contributed by atoms with E-state index < -0.39 is 13.7 Å². The van der Waals surface area contributed by atoms with Gasteiger partial charge in [-0.15, -0.1) is 29.3 Å². The van der Waals surface area contributed by atoms with Crippen LogP contribution in [-0.2, 0) is 37.3 Å². The van der Waals surface area contributed by atoms with Gasteiger partial charge in [0, 0.05) is 41.2 Å². The van der Waals surface area contributed by atoms with Crippen LogP contribution in [0.4, 0.5) is 0 Å². The normalized spacial score (nSPS) is 14.0. The van der Waals surface area contributed by atoms with E-state index in [9.17, 15) is 5.11 Å². The number of benzene rings is 6. The van der Waals surface area contributed by atoms with Gasteiger partial charge in [0.1, 0.15) is 11.6 Å². The maximum atomic E-state index is 11.4. The van der Waals surface area contributed by atoms with Crippen molar-refractivity contribution in [1.29, 1.82) is 0 Å². The van der Waals surface area contributed by atoms with Gasteiger partial charge in [0.05, 0.1) is 22.3 Å². The number of phenols is 1. The van der Waals surface area contributed by atoms with E-state index in [0.29, 0.717) is 33.8 Å². The average Bonchev–Trinajstić information content (AvgIpc) is 3.64. The SMILES string of the molecule is [2H]C([2H])([2H])c1ccc(-c2ccnc(-c3[c-]c(-c4cccc5c4nc(-c4ccccc4O)n5-c4ccc(-c5cc(C(C)(C)C)cc(C(C)(C)C)c5)cc4C([2H])([2H])[2H])cc(C(C)(C)C)c3)c2)cc1.[Pt]. The molecule has 0 fully saturated rings. The first-order valence-electron chi connectivity index (χ1n) is 23.5. The Kier molecular flexibility index (Phi) is 9.69. The number of aryl methyl sites for hydroxylation is 2. The van der Waals surface area contributed by atoms with Crippen LogP contribution in [0, 0.1) is 19.8 Å². The molecular weight excluding hydrogens is 926 g/mol. The van der Waals surface area contributed by atoms with Crippen LogP contribution in [-0.4, -0.2) is 19.6 Å². The molecule has 8 aromatic rings. The molecule has 0 atom stereocenters. The number of nitrogens with zero attached hydrogens (tertiary/aromatic N) is 3. The van der Waals surface area contributed by atoms with Gasteiger partial charge in [-0.2, -0.15) is 0 Å². The summed E-state index contributed by atoms with van der Waals surface area (Å²) in [5, 5.41) is 11.4. The molecule has 0 spiro atoms. The summed E-state index contributed by atoms with van der Waals surface area (Å²) >= 11 is 0. The number of hydrogen-bond acceptors (Lipinski definition) is 3. The van der Waals surface area contributed by atoms with E-state index in [2.05, 4.69) is 98.7 Å². The van der Waals surface area contributed by atoms with Crippen LogP contribution in [0.1, 0.15) is 98.4 Å². The van der Waals surface area contributed by atoms with Crippen molar-refractivity contribution in [3.63, 3.8) is 0 Å². The minimum atomic E-state index is -2.52. The number of imidazole rings is 1. The zero-order valence-electron chi connectivity index (χ0n) is 42.3. The molecular formula is C56H56N3OPt-. The Morgan fingerprint density at radius 3 is 1.85 bits per heavy atom. The molecule has 0 unspecified atom stereocenters. The van der Waals surface area contributed by atoms with Crippen molar-refractivity contribution in [2.45, 2.75) is 92.3 Å². The van der Waals surface area contributed by atoms with Gasteiger partial charge >= 0.3 is 0 Å². The van der Waals surface area contributed by atoms with Crippen molar-refractivity contribution < 1.29 is 34.4 Å². The van der Waals surface area contributed by atoms with Crippen LogP contribution < -0.4 is 0 Å². The predicted molar refractivity (Wildman–Crippen MR) is 252 cm³/mol. The molecule has 2 aromatic heterocycles. The molecule has 0 aliphatic heterocycles. The Balaban J connectivity index is 0.00000666. The molecule has 312 valence electrons. The van der Waals surface area contributed by atoms with Crippen LogP contribution in [0.25, 0.3) is 72.7 Å². The number of aromatic hydroxyl groups is 1. The second-order valence-corrected chi connectivity index (χ2v) is 18.9. The number of pyridine rings is 1. The fraction of sp³-hybridized carbons (Fsp3) is 0.250. The third-order valence-corrected chi connectivity index (χ3v) is 11.3. The fourth-order valence-corrected chi connectivity index (χ4v) is 7.68. The van der Waals surface area contributed by atoms with Crippen LogP contribution >= 0.6 is 0 Å². The third kappa shape index (κ3) is 8.79. The van der Waals surface area contributed by atoms with Gasteiger partial charge in [-0.1, -0.05) is 158 Å². The van der Waals surface area contributed by atoms with E-state index in [0.717, 1.165) is 44.5 Å². The molecule has 0 radical (unpaired) electrons. The quantitative estimate of drug-likeness (QED) is 0.169. The first-order chi connectivity index (χ1) is 30.8. The fourth-order valence-electron chi connectivity index (χ4n) is 7.68. The van der Waals surface area contributed by atoms with Crippen LogP contribution in [0.3, 0.4) is 0 Å². The number of hydrogen-bond donors (Lipinski definition) is 1. The summed E-state index contributed by atoms with van der Waals surface area (Å²) < 4.78 is 52.2. The van der Waals surface area contributed by atoms with E-state index in [1.54, 1.807) is 42.6 Å². The minimum Gasteiger partial charge on any atom is -0.507 e. The van der Waals surface area contributed by atoms with Gasteiger partial charge in [0.25, 0.3) is 0 Å². The summed E-state index contributed by atoms with van der Waals surface area (Å²) in [5.74, 6) is 0.406. The van der Waals surface area contributed by atoms with Gasteiger partial charge in [-0.25, -0.2) is 4.98 Å². The van der Waals surface area contributed by atoms with Crippen LogP contribution in [0.15, 0.2) is 134 Å². The molecule has 6 aromatic carbocycles. The second-order valence-electron chi connectivity index (χ2n) is 18.9. The smallest absolute Gasteiger partial charge is 0.148 e. The Hall–Kier alpha value is -5.57. The summed E-state index contributed by atoms with van der Waals surface area (Å²) in [6, 6.07) is 43.8. The zero-order valence-corrected chi connectivity index (χ0v) is 38.6. The summed E-state index contributed by atoms with van der Waals surface area (Å²) in [6.07, 6.45) is 1.75. The Morgan fingerprint density at radius 1 is 0.574 bits per heavy atom. The number of rotatable bonds is 6. The summed E-state index contributed by atoms with van der Waals surface area (Å²) in [4.78, 5) is 10.1. The van der Waals surface area contributed by atoms with E-state index in [-0.39, 0.29) is 54.2 Å². The second kappa shape index (κ2) is 16.4. The molecule has 2 heterocycles. The van der Waals surface area contributed by atoms with Crippen molar-refractivity contribution >= 4 is 11.0 Å². The largest absolute Gasteiger partial charge is 0.507 e. The molecule has 0 aliphatic rings. The molecule has 0 bridgehead atoms. The molecule has 0 aliphatic carbocycles. The van der Waals surface area contributed by atoms with E-state index in [4.69, 9.17) is 18.2 Å². The number of aromatic nitrogens is 3. The topological polar surface area (TPSA) is 50.9 Å². The summed E-state index contributed by atoms with van der Waals surface area (Å²) in [7, 11) is 0. The van der Waals surface area contributed by atoms with Crippen molar-refractivity contribution in [3.8, 4) is 67.5 Å². The molecule has 61 heavy (non-hydrogen) atoms. The van der Waals surface area contributed by atoms with Crippen molar-refractivity contribution in [2.75, 3.05) is 0 Å². The first kappa shape index (κ1) is 36.1. The van der Waals surface area contributed by atoms with E-state index >= 15 is 0 Å². The van der Waals surface area contributed by atoms with Gasteiger partial charge < -0.3 is 5.11 Å². The van der Waals surface area contributed by atoms with Crippen molar-refractivity contribution in [3.05, 3.63) is 167 Å². The average molecular weight is 988 g/mol. The zero-order chi connectivity index (χ0) is 47.7. The minimum absolute atomic E-state index is 0. The molecule has 0 saturated heterocycles. The van der Waals surface area contributed by atoms with Gasteiger partial charge in [-0.05, 0) is 105 Å². The monoisotopic (exact) mass is 987 g/mol. The van der Waals surface area contributed by atoms with Crippen molar-refractivity contribution in [2.24, 2.45) is 0 Å². The number of para-hydroxylation sites is 2. The number of phenolic OH excluding ortho intramolecular Hbond substituents is 1. The molecule has 0 saturated carbocycles. The molecule has 4 nitrogen and oxygen atoms in total. The molecule has 1 N–H and O–H groups in total. The Morgan fingerprint density at radius 2 is 1.20 bits per heavy atom. The number of fused-ring (bicyclic) bond motifs is 1. The van der Waals surface area contributed by atoms with E-state index in [1.165, 1.54) is 11.1 Å². The van der Waals surface area contributed by atoms with Crippen molar-refractivity contribution in [1.82, 2.24) is 14.5 Å². The molecule has 5 heteroatoms. The Bertz CT molecular complexity index is 3100. The Labute approximate surface area is 385 Å². The predicted octanol–water partition coefficient (Wildman–Crippen LogP) is 14.8. The summed E-state index contributed by atoms with van der Waals surface area (Å²) in [6.45, 7) is 14.9. The summed E-state index contributed by atoms with van der Waals surface area (Å²) in [5.41, 5.74) is 11.9. The molecule has 0 amide bonds. The van der Waals surface area contributed by atoms with Gasteiger partial charge in [-0.3, -0.25) is 9.55 Å². The third-order valence-electron chi connectivity index (χ3n) is 11.3. The van der Waals surface area contributed by atoms with Gasteiger partial charge in [0.15, 0.2) is 0 Å². The maximum Gasteiger partial charge on any atom is 0.148 e. The standard InChI is InChI=1S/C56H56N3O.Pt/c1-35-19-21-37(22-20-35)39-25-26-57-48(33-39)42-28-41(31-43(32-42)54(3,4)5)46-16-14-17-50-52(46)58-53(47-15-12-13-18-51(47)60)59(50)49-24-23-38(27-36(49)2)40-29-44(55(6,7)8)34-45(30-40)56(9,10)11;/h12-27,29-34,60H,1-11H3;/q-1;/i1D3,2D3;. The van der Waals surface area contributed by atoms with Crippen LogP contribution in [0.5, 0.6) is 5.75 Å². The first-order valence-corrected chi connectivity index (χ1v) is 20.5. The van der Waals surface area contributed by atoms with Crippen LogP contribution in [0.2, 0.25) is 0 Å².